The molecule has 1 aliphatic heterocycles. The fourth-order valence-corrected chi connectivity index (χ4v) is 3.48. The first-order valence-corrected chi connectivity index (χ1v) is 9.57. The zero-order valence-electron chi connectivity index (χ0n) is 15.8. The molecule has 0 fully saturated rings. The number of nitrogens with one attached hydrogen (secondary N) is 1. The molecule has 1 aromatic rings. The van der Waals surface area contributed by atoms with Gasteiger partial charge >= 0.3 is 0 Å². The van der Waals surface area contributed by atoms with E-state index in [1.807, 2.05) is 0 Å². The molecule has 1 nitrogen and oxygen atoms in total. The molecule has 129 valence electrons. The van der Waals surface area contributed by atoms with Gasteiger partial charge in [0.15, 0.2) is 0 Å². The number of rotatable bonds is 9. The van der Waals surface area contributed by atoms with E-state index in [-0.39, 0.29) is 0 Å². The van der Waals surface area contributed by atoms with E-state index in [0.29, 0.717) is 5.94 Å². The number of unbranched alkanes of at least 4 members (excludes halogenated alkanes) is 1. The van der Waals surface area contributed by atoms with Crippen molar-refractivity contribution in [2.45, 2.75) is 71.6 Å². The second-order valence-corrected chi connectivity index (χ2v) is 7.54. The standard InChI is InChI=1S/C22H33BN/c1-6-18(5)24-22-14-19-12-9-13-20(21(19)15-23-22)17(4)11-8-7-10-16(2)3/h9,12-13,16,22,24H,4-8,10-11,14-15H2,1-3H3. The van der Waals surface area contributed by atoms with Crippen LogP contribution in [0.4, 0.5) is 0 Å². The van der Waals surface area contributed by atoms with Gasteiger partial charge in [-0.2, -0.15) is 0 Å². The minimum absolute atomic E-state index is 0.416. The Kier molecular flexibility index (Phi) is 7.21. The molecule has 1 radical (unpaired) electrons. The molecule has 0 aromatic heterocycles. The maximum atomic E-state index is 4.39. The molecule has 0 spiro atoms. The number of fused-ring (bicyclic) bond motifs is 1. The van der Waals surface area contributed by atoms with Gasteiger partial charge < -0.3 is 5.32 Å². The summed E-state index contributed by atoms with van der Waals surface area (Å²) in [5.41, 5.74) is 6.80. The average molecular weight is 322 g/mol. The van der Waals surface area contributed by atoms with Crippen molar-refractivity contribution in [2.75, 3.05) is 0 Å². The summed E-state index contributed by atoms with van der Waals surface area (Å²) in [6, 6.07) is 6.74. The van der Waals surface area contributed by atoms with Gasteiger partial charge in [-0.15, -0.1) is 0 Å². The fourth-order valence-electron chi connectivity index (χ4n) is 3.48. The van der Waals surface area contributed by atoms with Crippen molar-refractivity contribution in [1.82, 2.24) is 5.32 Å². The minimum Gasteiger partial charge on any atom is -0.394 e. The maximum absolute atomic E-state index is 4.39. The molecule has 24 heavy (non-hydrogen) atoms. The van der Waals surface area contributed by atoms with E-state index >= 15 is 0 Å². The molecule has 1 N–H and O–H groups in total. The average Bonchev–Trinajstić information content (AvgIpc) is 2.57. The summed E-state index contributed by atoms with van der Waals surface area (Å²) >= 11 is 0. The van der Waals surface area contributed by atoms with Crippen molar-refractivity contribution in [3.63, 3.8) is 0 Å². The summed E-state index contributed by atoms with van der Waals surface area (Å²) in [5, 5.41) is 3.54. The van der Waals surface area contributed by atoms with Gasteiger partial charge in [-0.3, -0.25) is 0 Å². The highest BCUT2D eigenvalue weighted by molar-refractivity contribution is 6.38. The smallest absolute Gasteiger partial charge is 0.146 e. The monoisotopic (exact) mass is 322 g/mol. The number of hydrogen-bond donors (Lipinski definition) is 1. The van der Waals surface area contributed by atoms with Gasteiger partial charge in [0.2, 0.25) is 0 Å². The SMILES string of the molecule is C=C(CC)NC1[B]Cc2c(cccc2C(=C)CCCCC(C)C)C1. The van der Waals surface area contributed by atoms with E-state index in [4.69, 9.17) is 0 Å². The van der Waals surface area contributed by atoms with Gasteiger partial charge in [0.25, 0.3) is 0 Å². The minimum atomic E-state index is 0.416. The first-order valence-electron chi connectivity index (χ1n) is 9.57. The second kappa shape index (κ2) is 9.15. The molecule has 0 bridgehead atoms. The van der Waals surface area contributed by atoms with Gasteiger partial charge in [-0.25, -0.2) is 0 Å². The Morgan fingerprint density at radius 3 is 2.79 bits per heavy atom. The van der Waals surface area contributed by atoms with Gasteiger partial charge in [-0.05, 0) is 59.8 Å². The van der Waals surface area contributed by atoms with Gasteiger partial charge in [0.1, 0.15) is 7.28 Å². The summed E-state index contributed by atoms with van der Waals surface area (Å²) in [5.74, 6) is 1.22. The van der Waals surface area contributed by atoms with Crippen LogP contribution in [0.3, 0.4) is 0 Å². The summed E-state index contributed by atoms with van der Waals surface area (Å²) in [6.45, 7) is 15.2. The van der Waals surface area contributed by atoms with Crippen molar-refractivity contribution in [3.05, 3.63) is 53.7 Å². The molecule has 1 aromatic carbocycles. The van der Waals surface area contributed by atoms with Gasteiger partial charge in [-0.1, -0.05) is 71.3 Å². The molecule has 1 aliphatic rings. The van der Waals surface area contributed by atoms with Crippen LogP contribution in [0.25, 0.3) is 5.57 Å². The first-order chi connectivity index (χ1) is 11.5. The van der Waals surface area contributed by atoms with Gasteiger partial charge in [0.05, 0.1) is 0 Å². The van der Waals surface area contributed by atoms with E-state index in [9.17, 15) is 0 Å². The molecule has 0 aliphatic carbocycles. The fraction of sp³-hybridized carbons (Fsp3) is 0.545. The summed E-state index contributed by atoms with van der Waals surface area (Å²) in [4.78, 5) is 0. The lowest BCUT2D eigenvalue weighted by Gasteiger charge is -2.28. The Balaban J connectivity index is 1.98. The Labute approximate surface area is 149 Å². The van der Waals surface area contributed by atoms with E-state index in [0.717, 1.165) is 37.2 Å². The third kappa shape index (κ3) is 5.29. The predicted molar refractivity (Wildman–Crippen MR) is 108 cm³/mol. The Morgan fingerprint density at radius 2 is 2.08 bits per heavy atom. The first kappa shape index (κ1) is 18.9. The normalized spacial score (nSPS) is 16.4. The second-order valence-electron chi connectivity index (χ2n) is 7.54. The molecule has 1 atom stereocenters. The molecule has 0 saturated carbocycles. The topological polar surface area (TPSA) is 12.0 Å². The van der Waals surface area contributed by atoms with E-state index in [2.05, 4.69) is 64.7 Å². The highest BCUT2D eigenvalue weighted by Crippen LogP contribution is 2.29. The highest BCUT2D eigenvalue weighted by Gasteiger charge is 2.22. The lowest BCUT2D eigenvalue weighted by atomic mass is 9.57. The molecular formula is C22H33BN. The van der Waals surface area contributed by atoms with Gasteiger partial charge in [0, 0.05) is 5.70 Å². The van der Waals surface area contributed by atoms with Crippen LogP contribution >= 0.6 is 0 Å². The molecular weight excluding hydrogens is 289 g/mol. The van der Waals surface area contributed by atoms with Crippen molar-refractivity contribution < 1.29 is 0 Å². The van der Waals surface area contributed by atoms with E-state index < -0.39 is 0 Å². The Hall–Kier alpha value is -1.44. The van der Waals surface area contributed by atoms with Crippen LogP contribution in [0.1, 0.15) is 69.6 Å². The zero-order chi connectivity index (χ0) is 17.5. The number of allylic oxidation sites excluding steroid dienone is 2. The van der Waals surface area contributed by atoms with E-state index in [1.165, 1.54) is 41.5 Å². The van der Waals surface area contributed by atoms with Crippen LogP contribution in [0.5, 0.6) is 0 Å². The van der Waals surface area contributed by atoms with Crippen LogP contribution in [0, 0.1) is 5.92 Å². The van der Waals surface area contributed by atoms with Crippen LogP contribution in [-0.2, 0) is 12.7 Å². The lowest BCUT2D eigenvalue weighted by molar-refractivity contribution is 0.542. The third-order valence-corrected chi connectivity index (χ3v) is 5.03. The van der Waals surface area contributed by atoms with Crippen LogP contribution in [0.2, 0.25) is 0 Å². The number of benzene rings is 1. The summed E-state index contributed by atoms with van der Waals surface area (Å²) in [7, 11) is 2.40. The number of hydrogen-bond acceptors (Lipinski definition) is 1. The zero-order valence-corrected chi connectivity index (χ0v) is 15.8. The van der Waals surface area contributed by atoms with Crippen LogP contribution < -0.4 is 5.32 Å². The van der Waals surface area contributed by atoms with Crippen molar-refractivity contribution in [3.8, 4) is 0 Å². The quantitative estimate of drug-likeness (QED) is 0.466. The molecule has 1 unspecified atom stereocenters. The summed E-state index contributed by atoms with van der Waals surface area (Å²) < 4.78 is 0. The maximum Gasteiger partial charge on any atom is 0.146 e. The van der Waals surface area contributed by atoms with Crippen molar-refractivity contribution >= 4 is 12.9 Å². The largest absolute Gasteiger partial charge is 0.394 e. The highest BCUT2D eigenvalue weighted by atomic mass is 14.9. The Morgan fingerprint density at radius 1 is 1.29 bits per heavy atom. The van der Waals surface area contributed by atoms with E-state index in [1.54, 1.807) is 0 Å². The van der Waals surface area contributed by atoms with Crippen molar-refractivity contribution in [1.29, 1.82) is 0 Å². The Bertz CT molecular complexity index is 573. The third-order valence-electron chi connectivity index (χ3n) is 5.03. The lowest BCUT2D eigenvalue weighted by Crippen LogP contribution is -2.40. The molecule has 0 saturated heterocycles. The predicted octanol–water partition coefficient (Wildman–Crippen LogP) is 5.52. The summed E-state index contributed by atoms with van der Waals surface area (Å²) in [6.07, 6.45) is 8.09. The molecule has 0 amide bonds. The molecule has 2 heteroatoms. The molecule has 2 rings (SSSR count). The van der Waals surface area contributed by atoms with Crippen LogP contribution in [0.15, 0.2) is 37.1 Å². The van der Waals surface area contributed by atoms with Crippen LogP contribution in [-0.4, -0.2) is 13.2 Å². The van der Waals surface area contributed by atoms with Crippen molar-refractivity contribution in [2.24, 2.45) is 5.92 Å². The molecule has 1 heterocycles.